The van der Waals surface area contributed by atoms with Gasteiger partial charge in [-0.05, 0) is 86.6 Å². The fourth-order valence-electron chi connectivity index (χ4n) is 5.15. The molecule has 1 unspecified atom stereocenters. The van der Waals surface area contributed by atoms with Crippen LogP contribution in [0, 0.1) is 11.8 Å². The number of benzene rings is 2. The molecule has 1 aromatic heterocycles. The van der Waals surface area contributed by atoms with Crippen molar-refractivity contribution in [2.75, 3.05) is 32.2 Å². The minimum absolute atomic E-state index is 0.0573. The van der Waals surface area contributed by atoms with Gasteiger partial charge in [0, 0.05) is 53.6 Å². The number of carbonyl (C=O) groups is 5. The highest BCUT2D eigenvalue weighted by Gasteiger charge is 2.28. The number of unbranched alkanes of at least 4 members (excludes halogenated alkanes) is 2. The molecule has 3 amide bonds. The Balaban J connectivity index is 1.66. The molecule has 1 heterocycles. The Morgan fingerprint density at radius 1 is 0.982 bits per heavy atom. The van der Waals surface area contributed by atoms with Gasteiger partial charge in [0.05, 0.1) is 19.6 Å². The van der Waals surface area contributed by atoms with Crippen molar-refractivity contribution in [2.24, 2.45) is 22.6 Å². The molecule has 1 fully saturated rings. The number of methoxy groups -OCH3 is 1. The number of carbonyl (C=O) groups excluding carboxylic acids is 5. The smallest absolute Gasteiger partial charge is 0.435 e. The van der Waals surface area contributed by atoms with Crippen LogP contribution in [0.2, 0.25) is 0 Å². The van der Waals surface area contributed by atoms with Crippen molar-refractivity contribution < 1.29 is 48.0 Å². The van der Waals surface area contributed by atoms with Crippen molar-refractivity contribution in [3.8, 4) is 16.9 Å². The molecule has 1 aliphatic rings. The molecule has 1 atom stereocenters. The van der Waals surface area contributed by atoms with E-state index < -0.39 is 42.1 Å². The van der Waals surface area contributed by atoms with Gasteiger partial charge in [0.25, 0.3) is 11.8 Å². The summed E-state index contributed by atoms with van der Waals surface area (Å²) in [5, 5.41) is 14.5. The third-order valence-corrected chi connectivity index (χ3v) is 8.40. The average Bonchev–Trinajstić information content (AvgIpc) is 4.01. The number of amides is 3. The van der Waals surface area contributed by atoms with E-state index in [0.717, 1.165) is 12.8 Å². The molecule has 3 aromatic rings. The normalized spacial score (nSPS) is 13.0. The largest absolute Gasteiger partial charge is 0.496 e. The Bertz CT molecular complexity index is 1920. The van der Waals surface area contributed by atoms with Gasteiger partial charge < -0.3 is 40.4 Å². The molecule has 4 rings (SSSR count). The second-order valence-corrected chi connectivity index (χ2v) is 13.1. The predicted molar refractivity (Wildman–Crippen MR) is 205 cm³/mol. The first-order valence-corrected chi connectivity index (χ1v) is 17.9. The second-order valence-electron chi connectivity index (χ2n) is 13.1. The number of anilines is 1. The molecule has 0 saturated heterocycles. The first-order valence-electron chi connectivity index (χ1n) is 17.9. The second kappa shape index (κ2) is 19.8. The summed E-state index contributed by atoms with van der Waals surface area (Å²) < 4.78 is 21.3. The Labute approximate surface area is 319 Å². The standard InChI is InChI=1S/C40H47N5O10/c1-6-26-20-31(36(47)43-28-14-12-27(13-15-28)35(41)45-40(51)53-19-9-7-8-18-46)30(21-33(26)52-5)29-16-17-32(37(48)42-22-25-10-11-25)44-34(29)39(50)55-24(4)54-38(49)23(2)3/h6,12-17,20-21,23-25,46H,1,7-11,18-19,22H2,2-5H3,(H,42,48)(H,43,47)(H2,41,45,51). The number of aliphatic hydroxyl groups excluding tert-OH is 1. The van der Waals surface area contributed by atoms with E-state index in [9.17, 15) is 24.0 Å². The van der Waals surface area contributed by atoms with Crippen LogP contribution in [0.25, 0.3) is 17.2 Å². The van der Waals surface area contributed by atoms with Gasteiger partial charge >= 0.3 is 18.0 Å². The highest BCUT2D eigenvalue weighted by atomic mass is 16.7. The molecule has 0 aliphatic heterocycles. The molecule has 292 valence electrons. The summed E-state index contributed by atoms with van der Waals surface area (Å²) in [6.07, 6.45) is 3.29. The Morgan fingerprint density at radius 3 is 2.35 bits per heavy atom. The highest BCUT2D eigenvalue weighted by Crippen LogP contribution is 2.35. The van der Waals surface area contributed by atoms with Crippen LogP contribution >= 0.6 is 0 Å². The number of aliphatic imine (C=N–C) groups is 1. The molecule has 0 bridgehead atoms. The Morgan fingerprint density at radius 2 is 1.71 bits per heavy atom. The third-order valence-electron chi connectivity index (χ3n) is 8.40. The van der Waals surface area contributed by atoms with Crippen LogP contribution in [0.4, 0.5) is 10.5 Å². The number of amidine groups is 1. The van der Waals surface area contributed by atoms with E-state index in [4.69, 9.17) is 29.8 Å². The summed E-state index contributed by atoms with van der Waals surface area (Å²) in [7, 11) is 1.44. The summed E-state index contributed by atoms with van der Waals surface area (Å²) in [6, 6.07) is 12.2. The minimum atomic E-state index is -1.29. The number of aromatic nitrogens is 1. The van der Waals surface area contributed by atoms with E-state index in [1.807, 2.05) is 0 Å². The van der Waals surface area contributed by atoms with Gasteiger partial charge in [0.15, 0.2) is 5.69 Å². The zero-order valence-corrected chi connectivity index (χ0v) is 31.4. The van der Waals surface area contributed by atoms with Crippen LogP contribution in [0.5, 0.6) is 5.75 Å². The van der Waals surface area contributed by atoms with Crippen molar-refractivity contribution in [2.45, 2.75) is 59.2 Å². The Kier molecular flexibility index (Phi) is 15.0. The molecule has 5 N–H and O–H groups in total. The molecule has 1 saturated carbocycles. The molecule has 2 aromatic carbocycles. The van der Waals surface area contributed by atoms with Gasteiger partial charge in [-0.3, -0.25) is 14.4 Å². The van der Waals surface area contributed by atoms with Crippen LogP contribution in [-0.4, -0.2) is 78.9 Å². The topological polar surface area (TPSA) is 218 Å². The summed E-state index contributed by atoms with van der Waals surface area (Å²) in [5.41, 5.74) is 7.30. The monoisotopic (exact) mass is 757 g/mol. The molecule has 55 heavy (non-hydrogen) atoms. The van der Waals surface area contributed by atoms with Crippen LogP contribution in [0.3, 0.4) is 0 Å². The van der Waals surface area contributed by atoms with Gasteiger partial charge in [0.1, 0.15) is 17.3 Å². The predicted octanol–water partition coefficient (Wildman–Crippen LogP) is 5.50. The minimum Gasteiger partial charge on any atom is -0.496 e. The lowest BCUT2D eigenvalue weighted by Gasteiger charge is -2.19. The maximum atomic E-state index is 14.0. The summed E-state index contributed by atoms with van der Waals surface area (Å²) in [6.45, 7) is 9.16. The van der Waals surface area contributed by atoms with Crippen molar-refractivity contribution in [3.05, 3.63) is 83.2 Å². The molecule has 15 heteroatoms. The lowest BCUT2D eigenvalue weighted by Crippen LogP contribution is -2.28. The van der Waals surface area contributed by atoms with Crippen molar-refractivity contribution in [1.29, 1.82) is 0 Å². The highest BCUT2D eigenvalue weighted by molar-refractivity contribution is 6.11. The van der Waals surface area contributed by atoms with E-state index in [2.05, 4.69) is 27.2 Å². The Hall–Kier alpha value is -6.09. The summed E-state index contributed by atoms with van der Waals surface area (Å²) in [4.78, 5) is 73.2. The molecular formula is C40H47N5O10. The zero-order valence-electron chi connectivity index (χ0n) is 31.4. The summed E-state index contributed by atoms with van der Waals surface area (Å²) in [5.74, 6) is -2.52. The molecular weight excluding hydrogens is 710 g/mol. The van der Waals surface area contributed by atoms with Crippen molar-refractivity contribution in [3.63, 3.8) is 0 Å². The fourth-order valence-corrected chi connectivity index (χ4v) is 5.15. The number of aliphatic hydroxyl groups is 1. The number of hydrogen-bond acceptors (Lipinski definition) is 11. The lowest BCUT2D eigenvalue weighted by molar-refractivity contribution is -0.169. The number of nitrogens with one attached hydrogen (secondary N) is 2. The molecule has 0 spiro atoms. The molecule has 0 radical (unpaired) electrons. The number of esters is 2. The van der Waals surface area contributed by atoms with Gasteiger partial charge in [-0.2, -0.15) is 4.99 Å². The third kappa shape index (κ3) is 12.0. The number of nitrogens with zero attached hydrogens (tertiary/aromatic N) is 2. The van der Waals surface area contributed by atoms with E-state index in [1.54, 1.807) is 44.2 Å². The van der Waals surface area contributed by atoms with Gasteiger partial charge in [-0.25, -0.2) is 14.6 Å². The van der Waals surface area contributed by atoms with Crippen LogP contribution in [0.1, 0.15) is 95.3 Å². The number of ether oxygens (including phenoxy) is 4. The van der Waals surface area contributed by atoms with E-state index in [-0.39, 0.29) is 47.1 Å². The number of hydrogen-bond donors (Lipinski definition) is 4. The molecule has 1 aliphatic carbocycles. The SMILES string of the molecule is C=Cc1cc(C(=O)Nc2ccc(C(N)=NC(=O)OCCCCCO)cc2)c(-c2ccc(C(=O)NCC3CC3)nc2C(=O)OC(C)OC(=O)C(C)C)cc1OC. The maximum absolute atomic E-state index is 14.0. The number of nitrogens with two attached hydrogens (primary N) is 1. The van der Waals surface area contributed by atoms with E-state index in [0.29, 0.717) is 54.3 Å². The van der Waals surface area contributed by atoms with Gasteiger partial charge in [-0.15, -0.1) is 0 Å². The van der Waals surface area contributed by atoms with Crippen molar-refractivity contribution >= 4 is 47.4 Å². The van der Waals surface area contributed by atoms with Gasteiger partial charge in [0.2, 0.25) is 6.29 Å². The van der Waals surface area contributed by atoms with Crippen LogP contribution in [0.15, 0.2) is 60.1 Å². The maximum Gasteiger partial charge on any atom is 0.435 e. The van der Waals surface area contributed by atoms with E-state index >= 15 is 0 Å². The summed E-state index contributed by atoms with van der Waals surface area (Å²) >= 11 is 0. The average molecular weight is 758 g/mol. The number of pyridine rings is 1. The van der Waals surface area contributed by atoms with Gasteiger partial charge in [-0.1, -0.05) is 26.5 Å². The first-order chi connectivity index (χ1) is 26.3. The van der Waals surface area contributed by atoms with E-state index in [1.165, 1.54) is 38.3 Å². The lowest BCUT2D eigenvalue weighted by atomic mass is 9.94. The van der Waals surface area contributed by atoms with Crippen molar-refractivity contribution in [1.82, 2.24) is 10.3 Å². The fraction of sp³-hybridized carbons (Fsp3) is 0.375. The van der Waals surface area contributed by atoms with Crippen LogP contribution in [-0.2, 0) is 19.0 Å². The first kappa shape index (κ1) is 41.7. The van der Waals surface area contributed by atoms with Crippen LogP contribution < -0.4 is 21.1 Å². The number of rotatable bonds is 18. The quantitative estimate of drug-likeness (QED) is 0.0416. The zero-order chi connectivity index (χ0) is 40.1. The molecule has 15 nitrogen and oxygen atoms in total.